The van der Waals surface area contributed by atoms with Gasteiger partial charge in [-0.3, -0.25) is 9.88 Å². The van der Waals surface area contributed by atoms with E-state index in [9.17, 15) is 0 Å². The Morgan fingerprint density at radius 1 is 1.35 bits per heavy atom. The second-order valence-corrected chi connectivity index (χ2v) is 4.84. The number of piperidine rings is 1. The second-order valence-electron chi connectivity index (χ2n) is 4.84. The van der Waals surface area contributed by atoms with Crippen LogP contribution in [0.5, 0.6) is 0 Å². The molecule has 1 aliphatic heterocycles. The highest BCUT2D eigenvalue weighted by Crippen LogP contribution is 2.22. The molecule has 17 heavy (non-hydrogen) atoms. The highest BCUT2D eigenvalue weighted by atomic mass is 15.2. The third-order valence-electron chi connectivity index (χ3n) is 3.46. The molecule has 1 saturated heterocycles. The molecular formula is C13H22N4. The molecule has 1 aliphatic rings. The fraction of sp³-hybridized carbons (Fsp3) is 0.692. The van der Waals surface area contributed by atoms with Crippen molar-refractivity contribution in [3.05, 3.63) is 18.1 Å². The minimum atomic E-state index is 0.498. The number of hydrogen-bond acceptors (Lipinski definition) is 4. The summed E-state index contributed by atoms with van der Waals surface area (Å²) >= 11 is 0. The van der Waals surface area contributed by atoms with Crippen molar-refractivity contribution >= 4 is 5.82 Å². The molecule has 1 aromatic heterocycles. The number of aromatic nitrogens is 2. The van der Waals surface area contributed by atoms with Crippen molar-refractivity contribution in [2.45, 2.75) is 51.6 Å². The Labute approximate surface area is 103 Å². The first-order chi connectivity index (χ1) is 8.29. The third-order valence-corrected chi connectivity index (χ3v) is 3.46. The monoisotopic (exact) mass is 234 g/mol. The van der Waals surface area contributed by atoms with E-state index < -0.39 is 0 Å². The van der Waals surface area contributed by atoms with Crippen LogP contribution in [-0.2, 0) is 6.54 Å². The van der Waals surface area contributed by atoms with E-state index in [1.807, 2.05) is 0 Å². The zero-order chi connectivity index (χ0) is 12.1. The number of hydrogen-bond donors (Lipinski definition) is 1. The maximum absolute atomic E-state index is 5.55. The van der Waals surface area contributed by atoms with Crippen molar-refractivity contribution in [1.29, 1.82) is 0 Å². The second kappa shape index (κ2) is 5.96. The van der Waals surface area contributed by atoms with Crippen LogP contribution in [0.1, 0.15) is 44.7 Å². The van der Waals surface area contributed by atoms with Gasteiger partial charge < -0.3 is 5.73 Å². The van der Waals surface area contributed by atoms with Gasteiger partial charge in [0.05, 0.1) is 18.1 Å². The molecule has 0 amide bonds. The van der Waals surface area contributed by atoms with Crippen LogP contribution >= 0.6 is 0 Å². The van der Waals surface area contributed by atoms with E-state index in [-0.39, 0.29) is 0 Å². The van der Waals surface area contributed by atoms with E-state index in [1.54, 1.807) is 12.4 Å². The van der Waals surface area contributed by atoms with Crippen molar-refractivity contribution in [1.82, 2.24) is 14.9 Å². The zero-order valence-electron chi connectivity index (χ0n) is 10.6. The predicted octanol–water partition coefficient (Wildman–Crippen LogP) is 2.21. The molecule has 4 nitrogen and oxygen atoms in total. The quantitative estimate of drug-likeness (QED) is 0.868. The topological polar surface area (TPSA) is 55.0 Å². The van der Waals surface area contributed by atoms with Crippen LogP contribution in [0.25, 0.3) is 0 Å². The SMILES string of the molecule is CCCC1CCCCN1Cc1cnc(N)cn1. The molecule has 0 aromatic carbocycles. The fourth-order valence-electron chi connectivity index (χ4n) is 2.58. The van der Waals surface area contributed by atoms with Gasteiger partial charge in [0.15, 0.2) is 0 Å². The van der Waals surface area contributed by atoms with Crippen molar-refractivity contribution < 1.29 is 0 Å². The number of rotatable bonds is 4. The van der Waals surface area contributed by atoms with Gasteiger partial charge in [0.25, 0.3) is 0 Å². The number of nitrogens with zero attached hydrogens (tertiary/aromatic N) is 3. The molecule has 2 heterocycles. The lowest BCUT2D eigenvalue weighted by molar-refractivity contribution is 0.130. The Kier molecular flexibility index (Phi) is 4.31. The molecule has 2 N–H and O–H groups in total. The molecule has 0 aliphatic carbocycles. The molecule has 1 atom stereocenters. The number of nitrogen functional groups attached to an aromatic ring is 1. The normalized spacial score (nSPS) is 21.6. The van der Waals surface area contributed by atoms with E-state index in [4.69, 9.17) is 5.73 Å². The summed E-state index contributed by atoms with van der Waals surface area (Å²) in [6, 6.07) is 0.730. The van der Waals surface area contributed by atoms with Crippen LogP contribution in [0.3, 0.4) is 0 Å². The number of nitrogens with two attached hydrogens (primary N) is 1. The van der Waals surface area contributed by atoms with Crippen LogP contribution < -0.4 is 5.73 Å². The largest absolute Gasteiger partial charge is 0.382 e. The Morgan fingerprint density at radius 3 is 2.94 bits per heavy atom. The van der Waals surface area contributed by atoms with Crippen LogP contribution in [0.4, 0.5) is 5.82 Å². The smallest absolute Gasteiger partial charge is 0.141 e. The lowest BCUT2D eigenvalue weighted by Gasteiger charge is -2.35. The minimum absolute atomic E-state index is 0.498. The summed E-state index contributed by atoms with van der Waals surface area (Å²) in [6.45, 7) is 4.37. The van der Waals surface area contributed by atoms with Crippen molar-refractivity contribution in [2.75, 3.05) is 12.3 Å². The Bertz CT molecular complexity index is 334. The third kappa shape index (κ3) is 3.40. The van der Waals surface area contributed by atoms with Crippen molar-refractivity contribution in [3.8, 4) is 0 Å². The Balaban J connectivity index is 1.97. The zero-order valence-corrected chi connectivity index (χ0v) is 10.6. The van der Waals surface area contributed by atoms with Crippen LogP contribution in [0, 0.1) is 0 Å². The van der Waals surface area contributed by atoms with Gasteiger partial charge in [0.2, 0.25) is 0 Å². The van der Waals surface area contributed by atoms with E-state index >= 15 is 0 Å². The molecule has 0 radical (unpaired) electrons. The standard InChI is InChI=1S/C13H22N4/c1-2-5-12-6-3-4-7-17(12)10-11-8-16-13(14)9-15-11/h8-9,12H,2-7,10H2,1H3,(H2,14,16). The summed E-state index contributed by atoms with van der Waals surface area (Å²) in [6.07, 6.45) is 10.0. The molecule has 0 spiro atoms. The van der Waals surface area contributed by atoms with Gasteiger partial charge in [-0.1, -0.05) is 19.8 Å². The summed E-state index contributed by atoms with van der Waals surface area (Å²) in [5, 5.41) is 0. The average Bonchev–Trinajstić information content (AvgIpc) is 2.35. The van der Waals surface area contributed by atoms with Crippen LogP contribution in [0.2, 0.25) is 0 Å². The van der Waals surface area contributed by atoms with Crippen LogP contribution in [-0.4, -0.2) is 27.5 Å². The minimum Gasteiger partial charge on any atom is -0.382 e. The van der Waals surface area contributed by atoms with Gasteiger partial charge in [-0.15, -0.1) is 0 Å². The maximum Gasteiger partial charge on any atom is 0.141 e. The summed E-state index contributed by atoms with van der Waals surface area (Å²) < 4.78 is 0. The molecule has 4 heteroatoms. The molecule has 0 bridgehead atoms. The van der Waals surface area contributed by atoms with Gasteiger partial charge >= 0.3 is 0 Å². The first-order valence-electron chi connectivity index (χ1n) is 6.60. The summed E-state index contributed by atoms with van der Waals surface area (Å²) in [7, 11) is 0. The van der Waals surface area contributed by atoms with Gasteiger partial charge in [0, 0.05) is 12.6 Å². The van der Waals surface area contributed by atoms with E-state index in [0.29, 0.717) is 5.82 Å². The molecule has 94 valence electrons. The first kappa shape index (κ1) is 12.3. The molecule has 1 unspecified atom stereocenters. The van der Waals surface area contributed by atoms with Crippen LogP contribution in [0.15, 0.2) is 12.4 Å². The summed E-state index contributed by atoms with van der Waals surface area (Å²) in [5.74, 6) is 0.498. The fourth-order valence-corrected chi connectivity index (χ4v) is 2.58. The van der Waals surface area contributed by atoms with E-state index in [0.717, 1.165) is 18.3 Å². The lowest BCUT2D eigenvalue weighted by atomic mass is 9.98. The van der Waals surface area contributed by atoms with Gasteiger partial charge in [-0.2, -0.15) is 0 Å². The molecule has 2 rings (SSSR count). The molecule has 1 aromatic rings. The van der Waals surface area contributed by atoms with Gasteiger partial charge in [0.1, 0.15) is 5.82 Å². The van der Waals surface area contributed by atoms with Crippen molar-refractivity contribution in [2.24, 2.45) is 0 Å². The Morgan fingerprint density at radius 2 is 2.24 bits per heavy atom. The summed E-state index contributed by atoms with van der Waals surface area (Å²) in [5.41, 5.74) is 6.58. The molecule has 0 saturated carbocycles. The lowest BCUT2D eigenvalue weighted by Crippen LogP contribution is -2.39. The highest BCUT2D eigenvalue weighted by molar-refractivity contribution is 5.22. The number of likely N-dealkylation sites (tertiary alicyclic amines) is 1. The predicted molar refractivity (Wildman–Crippen MR) is 69.4 cm³/mol. The summed E-state index contributed by atoms with van der Waals surface area (Å²) in [4.78, 5) is 11.0. The van der Waals surface area contributed by atoms with E-state index in [2.05, 4.69) is 21.8 Å². The van der Waals surface area contributed by atoms with Crippen molar-refractivity contribution in [3.63, 3.8) is 0 Å². The van der Waals surface area contributed by atoms with E-state index in [1.165, 1.54) is 38.6 Å². The van der Waals surface area contributed by atoms with Gasteiger partial charge in [-0.05, 0) is 25.8 Å². The number of anilines is 1. The first-order valence-corrected chi connectivity index (χ1v) is 6.60. The Hall–Kier alpha value is -1.16. The highest BCUT2D eigenvalue weighted by Gasteiger charge is 2.21. The molecule has 1 fully saturated rings. The molecular weight excluding hydrogens is 212 g/mol. The average molecular weight is 234 g/mol. The van der Waals surface area contributed by atoms with Gasteiger partial charge in [-0.25, -0.2) is 4.98 Å². The maximum atomic E-state index is 5.55.